The molecule has 2 heterocycles. The van der Waals surface area contributed by atoms with Gasteiger partial charge in [-0.05, 0) is 89.8 Å². The highest BCUT2D eigenvalue weighted by Gasteiger charge is 2.49. The number of allylic oxidation sites excluding steroid dienone is 4. The molecule has 3 unspecified atom stereocenters. The van der Waals surface area contributed by atoms with E-state index in [4.69, 9.17) is 4.99 Å². The molecule has 2 amide bonds. The summed E-state index contributed by atoms with van der Waals surface area (Å²) in [5.41, 5.74) is 6.92. The van der Waals surface area contributed by atoms with E-state index >= 15 is 0 Å². The van der Waals surface area contributed by atoms with Crippen LogP contribution in [-0.2, 0) is 15.0 Å². The summed E-state index contributed by atoms with van der Waals surface area (Å²) in [4.78, 5) is 36.5. The second-order valence-electron chi connectivity index (χ2n) is 18.6. The van der Waals surface area contributed by atoms with Gasteiger partial charge < -0.3 is 25.3 Å². The molecule has 5 rings (SSSR count). The first-order valence-electron chi connectivity index (χ1n) is 21.9. The van der Waals surface area contributed by atoms with Crippen LogP contribution in [-0.4, -0.2) is 62.9 Å². The largest absolute Gasteiger partial charge is 0.507 e. The van der Waals surface area contributed by atoms with Gasteiger partial charge in [-0.3, -0.25) is 9.59 Å². The highest BCUT2D eigenvalue weighted by molar-refractivity contribution is 6.18. The molecular formula is C48H72N4O4. The highest BCUT2D eigenvalue weighted by atomic mass is 16.3. The van der Waals surface area contributed by atoms with Crippen molar-refractivity contribution in [2.24, 2.45) is 10.4 Å². The van der Waals surface area contributed by atoms with E-state index in [1.807, 2.05) is 6.08 Å². The summed E-state index contributed by atoms with van der Waals surface area (Å²) >= 11 is 0. The average Bonchev–Trinajstić information content (AvgIpc) is 3.44. The molecule has 1 aromatic carbocycles. The third-order valence-electron chi connectivity index (χ3n) is 13.4. The lowest BCUT2D eigenvalue weighted by molar-refractivity contribution is -0.118. The fourth-order valence-electron chi connectivity index (χ4n) is 9.47. The number of aliphatic imine (C=N–C) groups is 1. The molecule has 0 spiro atoms. The summed E-state index contributed by atoms with van der Waals surface area (Å²) in [5, 5.41) is 27.6. The molecule has 4 aliphatic rings. The third-order valence-corrected chi connectivity index (χ3v) is 13.4. The average molecular weight is 769 g/mol. The van der Waals surface area contributed by atoms with Crippen LogP contribution < -0.4 is 10.2 Å². The van der Waals surface area contributed by atoms with Crippen LogP contribution in [0.15, 0.2) is 57.5 Å². The van der Waals surface area contributed by atoms with Crippen molar-refractivity contribution in [1.29, 1.82) is 0 Å². The predicted octanol–water partition coefficient (Wildman–Crippen LogP) is 11.1. The predicted molar refractivity (Wildman–Crippen MR) is 233 cm³/mol. The van der Waals surface area contributed by atoms with Crippen LogP contribution in [0.3, 0.4) is 0 Å². The second-order valence-corrected chi connectivity index (χ2v) is 18.6. The quantitative estimate of drug-likeness (QED) is 0.145. The summed E-state index contributed by atoms with van der Waals surface area (Å²) < 4.78 is 0. The van der Waals surface area contributed by atoms with E-state index in [1.54, 1.807) is 0 Å². The molecule has 308 valence electrons. The van der Waals surface area contributed by atoms with E-state index in [1.165, 1.54) is 6.42 Å². The number of nitrogens with zero attached hydrogens (tertiary/aromatic N) is 3. The zero-order chi connectivity index (χ0) is 41.3. The van der Waals surface area contributed by atoms with E-state index in [9.17, 15) is 19.8 Å². The minimum absolute atomic E-state index is 0.0231. The molecule has 0 radical (unpaired) electrons. The number of likely N-dealkylation sites (tertiary alicyclic amines) is 1. The summed E-state index contributed by atoms with van der Waals surface area (Å²) in [6.07, 6.45) is 14.1. The van der Waals surface area contributed by atoms with Crippen molar-refractivity contribution in [3.05, 3.63) is 63.6 Å². The Hall–Kier alpha value is -3.65. The summed E-state index contributed by atoms with van der Waals surface area (Å²) in [6.45, 7) is 26.5. The Morgan fingerprint density at radius 2 is 1.36 bits per heavy atom. The molecule has 0 aromatic heterocycles. The van der Waals surface area contributed by atoms with Crippen molar-refractivity contribution >= 4 is 34.5 Å². The maximum atomic E-state index is 13.5. The van der Waals surface area contributed by atoms with Gasteiger partial charge in [-0.2, -0.15) is 0 Å². The zero-order valence-corrected chi connectivity index (χ0v) is 36.7. The molecule has 0 bridgehead atoms. The van der Waals surface area contributed by atoms with Gasteiger partial charge in [0.2, 0.25) is 11.8 Å². The Kier molecular flexibility index (Phi) is 13.6. The van der Waals surface area contributed by atoms with E-state index < -0.39 is 6.10 Å². The number of aliphatic hydroxyl groups is 2. The van der Waals surface area contributed by atoms with Crippen LogP contribution in [0, 0.1) is 5.41 Å². The monoisotopic (exact) mass is 769 g/mol. The number of unbranched alkanes of at least 4 members (excludes halogenated alkanes) is 8. The summed E-state index contributed by atoms with van der Waals surface area (Å²) in [6, 6.07) is 4.98. The van der Waals surface area contributed by atoms with Gasteiger partial charge in [-0.1, -0.05) is 92.9 Å². The molecule has 0 saturated carbocycles. The number of carbonyl (C=O) groups excluding carboxylic acids is 2. The lowest BCUT2D eigenvalue weighted by Gasteiger charge is -2.35. The fraction of sp³-hybridized carbons (Fsp3) is 0.646. The number of benzene rings is 1. The van der Waals surface area contributed by atoms with Crippen LogP contribution in [0.1, 0.15) is 171 Å². The van der Waals surface area contributed by atoms with Crippen molar-refractivity contribution in [3.8, 4) is 0 Å². The smallest absolute Gasteiger partial charge is 0.246 e. The Bertz CT molecular complexity index is 1820. The van der Waals surface area contributed by atoms with Gasteiger partial charge in [0.05, 0.1) is 11.4 Å². The Labute approximate surface area is 338 Å². The first kappa shape index (κ1) is 43.5. The fourth-order valence-corrected chi connectivity index (χ4v) is 9.47. The standard InChI is InChI=1S/C48H72N4O4/c1-13-15-17-19-21-23-41(53)49-37-27-39-35(47(9,10)31(7)51(39)29(3)4)25-33(37)43-45(55)44(46(43)56)34-26-36-40(52(30(5)6)32(8)48(36,11)12)28-38(34)50-42(54)24-22-20-18-16-14-2/h25-32,45,55-56H,13-24H2,1-12H3,(H,49,53)/b44-34+,50-38?. The molecule has 1 saturated heterocycles. The number of anilines is 2. The number of rotatable bonds is 16. The number of hydrogen-bond donors (Lipinski definition) is 3. The number of nitrogens with one attached hydrogen (secondary N) is 1. The van der Waals surface area contributed by atoms with Gasteiger partial charge in [0.1, 0.15) is 11.9 Å². The number of aliphatic hydroxyl groups excluding tert-OH is 2. The highest BCUT2D eigenvalue weighted by Crippen LogP contribution is 2.54. The molecule has 2 aliphatic carbocycles. The van der Waals surface area contributed by atoms with Gasteiger partial charge in [0.25, 0.3) is 0 Å². The van der Waals surface area contributed by atoms with Gasteiger partial charge in [0.15, 0.2) is 0 Å². The molecular weight excluding hydrogens is 697 g/mol. The maximum absolute atomic E-state index is 13.5. The SMILES string of the molecule is CCCCCCCC(=O)N=C1C=C2C(=C/C1=C1\C(O)=C(c3cc4c(cc3NC(=O)CCCCCCC)N(C(C)C)C(C)C4(C)C)C1O)C(C)(C)C(C)N2C(C)C. The Morgan fingerprint density at radius 1 is 0.786 bits per heavy atom. The van der Waals surface area contributed by atoms with Gasteiger partial charge in [-0.15, -0.1) is 0 Å². The van der Waals surface area contributed by atoms with Gasteiger partial charge in [0, 0.05) is 81.5 Å². The molecule has 1 fully saturated rings. The maximum Gasteiger partial charge on any atom is 0.246 e. The van der Waals surface area contributed by atoms with Crippen LogP contribution in [0.2, 0.25) is 0 Å². The number of amides is 2. The first-order valence-corrected chi connectivity index (χ1v) is 21.9. The molecule has 3 atom stereocenters. The molecule has 8 heteroatoms. The minimum Gasteiger partial charge on any atom is -0.507 e. The van der Waals surface area contributed by atoms with Crippen molar-refractivity contribution in [3.63, 3.8) is 0 Å². The lowest BCUT2D eigenvalue weighted by atomic mass is 9.73. The van der Waals surface area contributed by atoms with Crippen molar-refractivity contribution < 1.29 is 19.8 Å². The van der Waals surface area contributed by atoms with Crippen molar-refractivity contribution in [2.45, 2.75) is 196 Å². The summed E-state index contributed by atoms with van der Waals surface area (Å²) in [5.74, 6) is -0.280. The first-order chi connectivity index (χ1) is 26.4. The number of hydrogen-bond acceptors (Lipinski definition) is 6. The van der Waals surface area contributed by atoms with E-state index in [-0.39, 0.29) is 52.6 Å². The molecule has 2 aliphatic heterocycles. The van der Waals surface area contributed by atoms with E-state index in [2.05, 4.69) is 116 Å². The topological polar surface area (TPSA) is 105 Å². The molecule has 56 heavy (non-hydrogen) atoms. The zero-order valence-electron chi connectivity index (χ0n) is 36.7. The van der Waals surface area contributed by atoms with Crippen molar-refractivity contribution in [1.82, 2.24) is 4.90 Å². The Balaban J connectivity index is 1.63. The molecule has 3 N–H and O–H groups in total. The van der Waals surface area contributed by atoms with E-state index in [0.29, 0.717) is 46.5 Å². The van der Waals surface area contributed by atoms with Crippen LogP contribution in [0.5, 0.6) is 0 Å². The minimum atomic E-state index is -1.15. The summed E-state index contributed by atoms with van der Waals surface area (Å²) in [7, 11) is 0. The van der Waals surface area contributed by atoms with Crippen molar-refractivity contribution in [2.75, 3.05) is 10.2 Å². The van der Waals surface area contributed by atoms with E-state index in [0.717, 1.165) is 80.3 Å². The van der Waals surface area contributed by atoms with Crippen LogP contribution in [0.4, 0.5) is 11.4 Å². The third kappa shape index (κ3) is 8.19. The lowest BCUT2D eigenvalue weighted by Crippen LogP contribution is -2.42. The second kappa shape index (κ2) is 17.5. The normalized spacial score (nSPS) is 24.5. The van der Waals surface area contributed by atoms with Crippen LogP contribution >= 0.6 is 0 Å². The number of fused-ring (bicyclic) bond motifs is 2. The Morgan fingerprint density at radius 3 is 1.93 bits per heavy atom. The van der Waals surface area contributed by atoms with Gasteiger partial charge >= 0.3 is 0 Å². The molecule has 1 aromatic rings. The van der Waals surface area contributed by atoms with Gasteiger partial charge in [-0.25, -0.2) is 4.99 Å². The molecule has 8 nitrogen and oxygen atoms in total. The van der Waals surface area contributed by atoms with Crippen LogP contribution in [0.25, 0.3) is 5.57 Å². The number of carbonyl (C=O) groups is 2.